The van der Waals surface area contributed by atoms with Crippen LogP contribution in [0.25, 0.3) is 0 Å². The lowest BCUT2D eigenvalue weighted by Crippen LogP contribution is -2.54. The Balaban J connectivity index is 1.82. The zero-order chi connectivity index (χ0) is 22.5. The normalized spacial score (nSPS) is 21.2. The first-order valence-corrected chi connectivity index (χ1v) is 10.8. The van der Waals surface area contributed by atoms with Crippen LogP contribution in [0, 0.1) is 5.92 Å². The zero-order valence-corrected chi connectivity index (χ0v) is 18.1. The number of anilines is 1. The van der Waals surface area contributed by atoms with Crippen LogP contribution in [0.4, 0.5) is 5.69 Å². The third-order valence-electron chi connectivity index (χ3n) is 6.12. The van der Waals surface area contributed by atoms with Crippen molar-refractivity contribution >= 4 is 23.4 Å². The molecule has 0 fully saturated rings. The first-order valence-electron chi connectivity index (χ1n) is 10.8. The van der Waals surface area contributed by atoms with Gasteiger partial charge >= 0.3 is 0 Å². The number of carbonyl (C=O) groups is 3. The number of carbonyl (C=O) groups excluding carboxylic acids is 3. The minimum atomic E-state index is -0.687. The van der Waals surface area contributed by atoms with Crippen molar-refractivity contribution in [2.24, 2.45) is 17.5 Å². The molecular weight excluding hydrogens is 396 g/mol. The highest BCUT2D eigenvalue weighted by Crippen LogP contribution is 2.39. The number of rotatable bonds is 8. The van der Waals surface area contributed by atoms with Gasteiger partial charge in [-0.05, 0) is 29.9 Å². The molecule has 0 bridgehead atoms. The van der Waals surface area contributed by atoms with Crippen LogP contribution in [0.1, 0.15) is 44.2 Å². The van der Waals surface area contributed by atoms with Gasteiger partial charge in [-0.3, -0.25) is 25.1 Å². The van der Waals surface area contributed by atoms with Gasteiger partial charge in [-0.25, -0.2) is 0 Å². The van der Waals surface area contributed by atoms with Crippen LogP contribution < -0.4 is 32.5 Å². The van der Waals surface area contributed by atoms with Gasteiger partial charge in [0.1, 0.15) is 12.1 Å². The summed E-state index contributed by atoms with van der Waals surface area (Å²) in [6.07, 6.45) is 4.14. The molecule has 0 saturated heterocycles. The van der Waals surface area contributed by atoms with Gasteiger partial charge in [0.25, 0.3) is 0 Å². The van der Waals surface area contributed by atoms with E-state index in [0.717, 1.165) is 23.2 Å². The maximum Gasteiger partial charge on any atom is 0.250 e. The maximum atomic E-state index is 13.5. The molecule has 0 spiro atoms. The highest BCUT2D eigenvalue weighted by atomic mass is 16.2. The summed E-state index contributed by atoms with van der Waals surface area (Å²) in [6, 6.07) is 4.53. The molecule has 3 rings (SSSR count). The summed E-state index contributed by atoms with van der Waals surface area (Å²) in [5, 5.41) is 5.70. The van der Waals surface area contributed by atoms with E-state index in [0.29, 0.717) is 31.4 Å². The Hall–Kier alpha value is -3.07. The van der Waals surface area contributed by atoms with Crippen molar-refractivity contribution in [1.29, 1.82) is 0 Å². The lowest BCUT2D eigenvalue weighted by atomic mass is 10.0. The van der Waals surface area contributed by atoms with E-state index in [4.69, 9.17) is 11.6 Å². The molecule has 168 valence electrons. The van der Waals surface area contributed by atoms with Gasteiger partial charge in [0, 0.05) is 19.0 Å². The molecule has 0 radical (unpaired) electrons. The summed E-state index contributed by atoms with van der Waals surface area (Å²) in [4.78, 5) is 40.5. The second-order valence-corrected chi connectivity index (χ2v) is 8.28. The van der Waals surface area contributed by atoms with Crippen LogP contribution in [0.2, 0.25) is 0 Å². The second kappa shape index (κ2) is 9.82. The zero-order valence-electron chi connectivity index (χ0n) is 18.1. The van der Waals surface area contributed by atoms with Gasteiger partial charge in [0.05, 0.1) is 17.9 Å². The lowest BCUT2D eigenvalue weighted by Gasteiger charge is -2.28. The number of amides is 3. The van der Waals surface area contributed by atoms with E-state index in [1.807, 2.05) is 32.0 Å². The first-order chi connectivity index (χ1) is 14.9. The average Bonchev–Trinajstić information content (AvgIpc) is 3.10. The Morgan fingerprint density at radius 1 is 1.32 bits per heavy atom. The van der Waals surface area contributed by atoms with Crippen molar-refractivity contribution < 1.29 is 14.4 Å². The maximum absolute atomic E-state index is 13.5. The fourth-order valence-corrected chi connectivity index (χ4v) is 4.15. The molecule has 9 nitrogen and oxygen atoms in total. The van der Waals surface area contributed by atoms with Crippen LogP contribution in [0.5, 0.6) is 0 Å². The van der Waals surface area contributed by atoms with Crippen LogP contribution in [0.3, 0.4) is 0 Å². The average molecular weight is 429 g/mol. The monoisotopic (exact) mass is 428 g/mol. The van der Waals surface area contributed by atoms with Crippen molar-refractivity contribution in [1.82, 2.24) is 16.1 Å². The van der Waals surface area contributed by atoms with E-state index in [2.05, 4.69) is 16.1 Å². The van der Waals surface area contributed by atoms with E-state index in [1.165, 1.54) is 6.20 Å². The number of nitrogens with two attached hydrogens (primary N) is 2. The van der Waals surface area contributed by atoms with Crippen LogP contribution in [-0.2, 0) is 27.2 Å². The summed E-state index contributed by atoms with van der Waals surface area (Å²) in [6.45, 7) is 4.17. The topological polar surface area (TPSA) is 143 Å². The van der Waals surface area contributed by atoms with E-state index in [-0.39, 0.29) is 30.2 Å². The lowest BCUT2D eigenvalue weighted by molar-refractivity contribution is -0.129. The summed E-state index contributed by atoms with van der Waals surface area (Å²) in [5.41, 5.74) is 11.1. The highest BCUT2D eigenvalue weighted by molar-refractivity contribution is 6.07. The van der Waals surface area contributed by atoms with Gasteiger partial charge in [-0.1, -0.05) is 38.5 Å². The molecular formula is C22H32N6O3. The fraction of sp³-hybridized carbons (Fsp3) is 0.500. The molecule has 9 heteroatoms. The molecule has 2 aliphatic rings. The molecule has 2 aliphatic heterocycles. The fourth-order valence-electron chi connectivity index (χ4n) is 4.15. The second-order valence-electron chi connectivity index (χ2n) is 8.28. The summed E-state index contributed by atoms with van der Waals surface area (Å²) in [7, 11) is 0. The smallest absolute Gasteiger partial charge is 0.250 e. The van der Waals surface area contributed by atoms with Crippen LogP contribution >= 0.6 is 0 Å². The first kappa shape index (κ1) is 22.6. The largest absolute Gasteiger partial charge is 0.403 e. The number of nitrogens with one attached hydrogen (secondary N) is 3. The molecule has 1 aromatic rings. The van der Waals surface area contributed by atoms with Crippen molar-refractivity contribution in [2.45, 2.75) is 58.0 Å². The quantitative estimate of drug-likeness (QED) is 0.296. The van der Waals surface area contributed by atoms with Gasteiger partial charge in [-0.15, -0.1) is 0 Å². The predicted octanol–water partition coefficient (Wildman–Crippen LogP) is 0.191. The number of nitrogens with zero attached hydrogens (tertiary/aromatic N) is 1. The summed E-state index contributed by atoms with van der Waals surface area (Å²) in [5.74, 6) is 4.95. The molecule has 0 saturated carbocycles. The minimum absolute atomic E-state index is 0.128. The number of benzene rings is 1. The van der Waals surface area contributed by atoms with E-state index >= 15 is 0 Å². The van der Waals surface area contributed by atoms with Crippen LogP contribution in [0.15, 0.2) is 30.1 Å². The van der Waals surface area contributed by atoms with Crippen molar-refractivity contribution in [3.8, 4) is 0 Å². The van der Waals surface area contributed by atoms with Crippen molar-refractivity contribution in [3.05, 3.63) is 41.2 Å². The summed E-state index contributed by atoms with van der Waals surface area (Å²) >= 11 is 0. The molecule has 0 aromatic heterocycles. The molecule has 7 N–H and O–H groups in total. The Labute approximate surface area is 182 Å². The van der Waals surface area contributed by atoms with E-state index < -0.39 is 12.1 Å². The van der Waals surface area contributed by atoms with Gasteiger partial charge in [-0.2, -0.15) is 0 Å². The molecule has 0 aliphatic carbocycles. The Morgan fingerprint density at radius 2 is 2.06 bits per heavy atom. The molecule has 3 amide bonds. The van der Waals surface area contributed by atoms with Gasteiger partial charge in [0.15, 0.2) is 0 Å². The molecule has 31 heavy (non-hydrogen) atoms. The van der Waals surface area contributed by atoms with Gasteiger partial charge < -0.3 is 21.8 Å². The molecule has 1 aromatic carbocycles. The number of aryl methyl sites for hydroxylation is 1. The Bertz CT molecular complexity index is 884. The van der Waals surface area contributed by atoms with E-state index in [9.17, 15) is 14.4 Å². The number of hydrogen-bond donors (Lipinski definition) is 5. The number of para-hydroxylation sites is 1. The Morgan fingerprint density at radius 3 is 2.74 bits per heavy atom. The molecule has 3 atom stereocenters. The molecule has 2 heterocycles. The van der Waals surface area contributed by atoms with Crippen molar-refractivity contribution in [2.75, 3.05) is 11.4 Å². The third kappa shape index (κ3) is 4.82. The Kier molecular flexibility index (Phi) is 7.17. The highest BCUT2D eigenvalue weighted by Gasteiger charge is 2.43. The van der Waals surface area contributed by atoms with Crippen LogP contribution in [-0.4, -0.2) is 36.3 Å². The number of hydrazine groups is 1. The third-order valence-corrected chi connectivity index (χ3v) is 6.12. The number of hydrogen-bond acceptors (Lipinski definition) is 6. The van der Waals surface area contributed by atoms with Gasteiger partial charge in [0.2, 0.25) is 17.7 Å². The summed E-state index contributed by atoms with van der Waals surface area (Å²) < 4.78 is 0. The van der Waals surface area contributed by atoms with E-state index in [1.54, 1.807) is 4.90 Å². The minimum Gasteiger partial charge on any atom is -0.403 e. The van der Waals surface area contributed by atoms with Crippen molar-refractivity contribution in [3.63, 3.8) is 0 Å². The standard InChI is InChI=1S/C22H32N6O3/c1-3-13(2)9-19(29)26-17-8-7-14-5-4-6-15-10-18(28(20(14)15)22(17)31)21(30)25-12-16(11-23)27-24/h4-6,11,13,17-18,27H,3,7-10,12,23-24H2,1-2H3,(H,25,30)(H,26,29)/b16-11-. The molecule has 3 unspecified atom stereocenters. The SMILES string of the molecule is CCC(C)CC(=O)NC1CCc2cccc3c2N(C1=O)C(C(=O)NC/C(=C/N)NN)C3. The predicted molar refractivity (Wildman–Crippen MR) is 118 cm³/mol.